The summed E-state index contributed by atoms with van der Waals surface area (Å²) in [5.74, 6) is 1.18. The van der Waals surface area contributed by atoms with E-state index in [1.54, 1.807) is 0 Å². The van der Waals surface area contributed by atoms with Crippen molar-refractivity contribution in [3.63, 3.8) is 0 Å². The number of imidazole rings is 1. The third-order valence-corrected chi connectivity index (χ3v) is 5.64. The highest BCUT2D eigenvalue weighted by Gasteiger charge is 2.28. The van der Waals surface area contributed by atoms with Crippen LogP contribution in [-0.2, 0) is 19.9 Å². The second-order valence-corrected chi connectivity index (χ2v) is 6.91. The van der Waals surface area contributed by atoms with Crippen molar-refractivity contribution < 1.29 is 0 Å². The Balaban J connectivity index is 1.64. The SMILES string of the molecule is CCNC(CCc1nccn1C)C1Cc2ccccc2S1. The van der Waals surface area contributed by atoms with Crippen molar-refractivity contribution in [1.29, 1.82) is 0 Å². The molecule has 1 aliphatic heterocycles. The summed E-state index contributed by atoms with van der Waals surface area (Å²) in [6, 6.07) is 9.36. The van der Waals surface area contributed by atoms with Crippen LogP contribution in [0.3, 0.4) is 0 Å². The monoisotopic (exact) mass is 301 g/mol. The Kier molecular flexibility index (Phi) is 4.66. The zero-order chi connectivity index (χ0) is 14.7. The molecule has 0 bridgehead atoms. The number of aromatic nitrogens is 2. The van der Waals surface area contributed by atoms with Crippen molar-refractivity contribution in [2.45, 2.75) is 42.4 Å². The Bertz CT molecular complexity index is 568. The molecule has 1 aliphatic rings. The Morgan fingerprint density at radius 1 is 1.43 bits per heavy atom. The molecule has 2 heterocycles. The second-order valence-electron chi connectivity index (χ2n) is 5.63. The number of hydrogen-bond donors (Lipinski definition) is 1. The third kappa shape index (κ3) is 3.33. The summed E-state index contributed by atoms with van der Waals surface area (Å²) in [7, 11) is 2.07. The van der Waals surface area contributed by atoms with Crippen molar-refractivity contribution in [2.75, 3.05) is 6.54 Å². The van der Waals surface area contributed by atoms with Gasteiger partial charge in [-0.3, -0.25) is 0 Å². The first-order chi connectivity index (χ1) is 10.3. The van der Waals surface area contributed by atoms with Gasteiger partial charge in [-0.1, -0.05) is 25.1 Å². The first-order valence-electron chi connectivity index (χ1n) is 7.72. The van der Waals surface area contributed by atoms with Gasteiger partial charge in [-0.15, -0.1) is 11.8 Å². The number of thioether (sulfide) groups is 1. The number of fused-ring (bicyclic) bond motifs is 1. The third-order valence-electron chi connectivity index (χ3n) is 4.19. The fraction of sp³-hybridized carbons (Fsp3) is 0.471. The molecule has 0 radical (unpaired) electrons. The molecule has 112 valence electrons. The molecule has 0 aliphatic carbocycles. The molecule has 1 N–H and O–H groups in total. The van der Waals surface area contributed by atoms with Gasteiger partial charge in [0, 0.05) is 42.0 Å². The summed E-state index contributed by atoms with van der Waals surface area (Å²) >= 11 is 2.04. The second kappa shape index (κ2) is 6.67. The van der Waals surface area contributed by atoms with E-state index in [4.69, 9.17) is 0 Å². The smallest absolute Gasteiger partial charge is 0.108 e. The highest BCUT2D eigenvalue weighted by molar-refractivity contribution is 8.00. The average Bonchev–Trinajstić information content (AvgIpc) is 3.09. The average molecular weight is 301 g/mol. The van der Waals surface area contributed by atoms with E-state index in [0.717, 1.165) is 19.4 Å². The number of rotatable bonds is 6. The van der Waals surface area contributed by atoms with Gasteiger partial charge in [-0.05, 0) is 31.0 Å². The van der Waals surface area contributed by atoms with Gasteiger partial charge in [-0.2, -0.15) is 0 Å². The van der Waals surface area contributed by atoms with Gasteiger partial charge in [0.25, 0.3) is 0 Å². The van der Waals surface area contributed by atoms with E-state index in [-0.39, 0.29) is 0 Å². The van der Waals surface area contributed by atoms with Crippen LogP contribution in [-0.4, -0.2) is 27.4 Å². The number of nitrogens with one attached hydrogen (secondary N) is 1. The molecule has 2 atom stereocenters. The van der Waals surface area contributed by atoms with E-state index in [9.17, 15) is 0 Å². The number of aryl methyl sites for hydroxylation is 2. The van der Waals surface area contributed by atoms with Gasteiger partial charge in [0.05, 0.1) is 0 Å². The number of benzene rings is 1. The van der Waals surface area contributed by atoms with E-state index in [2.05, 4.69) is 53.1 Å². The predicted molar refractivity (Wildman–Crippen MR) is 88.8 cm³/mol. The van der Waals surface area contributed by atoms with Crippen LogP contribution in [0.2, 0.25) is 0 Å². The first kappa shape index (κ1) is 14.7. The van der Waals surface area contributed by atoms with Crippen LogP contribution < -0.4 is 5.32 Å². The fourth-order valence-electron chi connectivity index (χ4n) is 3.04. The van der Waals surface area contributed by atoms with Crippen LogP contribution in [0.4, 0.5) is 0 Å². The maximum Gasteiger partial charge on any atom is 0.108 e. The molecule has 3 nitrogen and oxygen atoms in total. The van der Waals surface area contributed by atoms with Gasteiger partial charge < -0.3 is 9.88 Å². The van der Waals surface area contributed by atoms with Gasteiger partial charge >= 0.3 is 0 Å². The highest BCUT2D eigenvalue weighted by Crippen LogP contribution is 2.39. The summed E-state index contributed by atoms with van der Waals surface area (Å²) in [5.41, 5.74) is 1.51. The normalized spacial score (nSPS) is 18.7. The van der Waals surface area contributed by atoms with E-state index < -0.39 is 0 Å². The van der Waals surface area contributed by atoms with Gasteiger partial charge in [0.1, 0.15) is 5.82 Å². The molecule has 3 rings (SSSR count). The Morgan fingerprint density at radius 3 is 3.00 bits per heavy atom. The Hall–Kier alpha value is -1.26. The van der Waals surface area contributed by atoms with Crippen molar-refractivity contribution in [2.24, 2.45) is 7.05 Å². The predicted octanol–water partition coefficient (Wildman–Crippen LogP) is 3.05. The molecule has 0 saturated heterocycles. The molecule has 0 saturated carbocycles. The van der Waals surface area contributed by atoms with Crippen LogP contribution in [0.15, 0.2) is 41.6 Å². The minimum absolute atomic E-state index is 0.545. The van der Waals surface area contributed by atoms with E-state index in [1.807, 2.05) is 24.2 Å². The van der Waals surface area contributed by atoms with Crippen molar-refractivity contribution in [3.8, 4) is 0 Å². The maximum atomic E-state index is 4.44. The quantitative estimate of drug-likeness (QED) is 0.889. The largest absolute Gasteiger partial charge is 0.338 e. The fourth-order valence-corrected chi connectivity index (χ4v) is 4.48. The molecule has 0 spiro atoms. The van der Waals surface area contributed by atoms with E-state index in [1.165, 1.54) is 22.7 Å². The minimum atomic E-state index is 0.545. The minimum Gasteiger partial charge on any atom is -0.338 e. The highest BCUT2D eigenvalue weighted by atomic mass is 32.2. The van der Waals surface area contributed by atoms with Crippen LogP contribution >= 0.6 is 11.8 Å². The molecule has 1 aromatic carbocycles. The molecule has 2 aromatic rings. The van der Waals surface area contributed by atoms with Crippen molar-refractivity contribution in [1.82, 2.24) is 14.9 Å². The molecular weight excluding hydrogens is 278 g/mol. The Labute approximate surface area is 131 Å². The van der Waals surface area contributed by atoms with Crippen LogP contribution in [0.5, 0.6) is 0 Å². The molecule has 4 heteroatoms. The number of hydrogen-bond acceptors (Lipinski definition) is 3. The zero-order valence-electron chi connectivity index (χ0n) is 12.7. The Morgan fingerprint density at radius 2 is 2.29 bits per heavy atom. The zero-order valence-corrected chi connectivity index (χ0v) is 13.6. The first-order valence-corrected chi connectivity index (χ1v) is 8.60. The molecule has 2 unspecified atom stereocenters. The maximum absolute atomic E-state index is 4.44. The van der Waals surface area contributed by atoms with Crippen LogP contribution in [0, 0.1) is 0 Å². The van der Waals surface area contributed by atoms with Gasteiger partial charge in [0.2, 0.25) is 0 Å². The van der Waals surface area contributed by atoms with E-state index in [0.29, 0.717) is 11.3 Å². The molecule has 1 aromatic heterocycles. The summed E-state index contributed by atoms with van der Waals surface area (Å²) in [6.45, 7) is 3.22. The summed E-state index contributed by atoms with van der Waals surface area (Å²) < 4.78 is 2.12. The van der Waals surface area contributed by atoms with Gasteiger partial charge in [-0.25, -0.2) is 4.98 Å². The molecule has 21 heavy (non-hydrogen) atoms. The summed E-state index contributed by atoms with van der Waals surface area (Å²) in [6.07, 6.45) is 7.27. The lowest BCUT2D eigenvalue weighted by molar-refractivity contribution is 0.471. The lowest BCUT2D eigenvalue weighted by Crippen LogP contribution is -2.38. The molecule has 0 amide bonds. The van der Waals surface area contributed by atoms with Gasteiger partial charge in [0.15, 0.2) is 0 Å². The molecular formula is C17H23N3S. The lowest BCUT2D eigenvalue weighted by Gasteiger charge is -2.23. The standard InChI is InChI=1S/C17H23N3S/c1-3-18-14(8-9-17-19-10-11-20(17)2)16-12-13-6-4-5-7-15(13)21-16/h4-7,10-11,14,16,18H,3,8-9,12H2,1-2H3. The summed E-state index contributed by atoms with van der Waals surface area (Å²) in [5, 5.41) is 4.32. The number of nitrogens with zero attached hydrogens (tertiary/aromatic N) is 2. The van der Waals surface area contributed by atoms with Crippen LogP contribution in [0.25, 0.3) is 0 Å². The topological polar surface area (TPSA) is 29.9 Å². The van der Waals surface area contributed by atoms with Crippen molar-refractivity contribution in [3.05, 3.63) is 48.0 Å². The van der Waals surface area contributed by atoms with E-state index >= 15 is 0 Å². The lowest BCUT2D eigenvalue weighted by atomic mass is 10.0. The molecule has 0 fully saturated rings. The van der Waals surface area contributed by atoms with Crippen molar-refractivity contribution >= 4 is 11.8 Å². The summed E-state index contributed by atoms with van der Waals surface area (Å²) in [4.78, 5) is 5.90. The van der Waals surface area contributed by atoms with Crippen LogP contribution in [0.1, 0.15) is 24.7 Å².